The monoisotopic (exact) mass is 196 g/mol. The van der Waals surface area contributed by atoms with Crippen LogP contribution in [0.25, 0.3) is 0 Å². The van der Waals surface area contributed by atoms with Crippen LogP contribution >= 0.6 is 21.6 Å². The summed E-state index contributed by atoms with van der Waals surface area (Å²) in [5, 5.41) is 2.20. The Morgan fingerprint density at radius 1 is 1.00 bits per heavy atom. The molecule has 0 spiro atoms. The number of hydrogen-bond donors (Lipinski definition) is 0. The second-order valence-corrected chi connectivity index (χ2v) is 4.71. The first-order valence-corrected chi connectivity index (χ1v) is 6.22. The number of hydrogen-bond acceptors (Lipinski definition) is 2. The van der Waals surface area contributed by atoms with Crippen LogP contribution in [0.2, 0.25) is 0 Å². The summed E-state index contributed by atoms with van der Waals surface area (Å²) in [5.74, 6) is 1.23. The summed E-state index contributed by atoms with van der Waals surface area (Å²) in [6.45, 7) is 2.16. The van der Waals surface area contributed by atoms with Gasteiger partial charge in [-0.2, -0.15) is 0 Å². The highest BCUT2D eigenvalue weighted by Gasteiger charge is 1.96. The van der Waals surface area contributed by atoms with E-state index in [4.69, 9.17) is 0 Å². The molecule has 64 valence electrons. The van der Waals surface area contributed by atoms with Crippen LogP contribution in [0.4, 0.5) is 0 Å². The quantitative estimate of drug-likeness (QED) is 0.576. The zero-order chi connectivity index (χ0) is 8.65. The highest BCUT2D eigenvalue weighted by molar-refractivity contribution is 8.78. The van der Waals surface area contributed by atoms with Gasteiger partial charge < -0.3 is 0 Å². The molecule has 1 aliphatic heterocycles. The number of rotatable bonds is 0. The molecule has 0 unspecified atom stereocenters. The van der Waals surface area contributed by atoms with E-state index in [1.165, 1.54) is 11.3 Å². The van der Waals surface area contributed by atoms with Crippen LogP contribution in [0.1, 0.15) is 6.92 Å². The predicted octanol–water partition coefficient (Wildman–Crippen LogP) is 3.97. The Hall–Kier alpha value is -0.340. The van der Waals surface area contributed by atoms with Gasteiger partial charge in [-0.05, 0) is 12.3 Å². The molecule has 2 rings (SSSR count). The van der Waals surface area contributed by atoms with Gasteiger partial charge in [0.15, 0.2) is 0 Å². The Labute approximate surface area is 81.8 Å². The van der Waals surface area contributed by atoms with E-state index in [1.54, 1.807) is 0 Å². The van der Waals surface area contributed by atoms with Gasteiger partial charge in [0, 0.05) is 5.75 Å². The molecule has 0 amide bonds. The molecule has 1 aromatic carbocycles. The molecule has 1 aliphatic rings. The summed E-state index contributed by atoms with van der Waals surface area (Å²) in [6.07, 6.45) is 0. The summed E-state index contributed by atoms with van der Waals surface area (Å²) in [7, 11) is 3.74. The minimum Gasteiger partial charge on any atom is -0.0851 e. The molecule has 1 aromatic rings. The van der Waals surface area contributed by atoms with Crippen LogP contribution < -0.4 is 0 Å². The topological polar surface area (TPSA) is 0 Å². The highest BCUT2D eigenvalue weighted by Crippen LogP contribution is 2.32. The Kier molecular flexibility index (Phi) is 5.04. The second-order valence-electron chi connectivity index (χ2n) is 2.48. The van der Waals surface area contributed by atoms with Gasteiger partial charge in [0.2, 0.25) is 0 Å². The third-order valence-electron chi connectivity index (χ3n) is 1.27. The van der Waals surface area contributed by atoms with Crippen molar-refractivity contribution in [3.8, 4) is 0 Å². The van der Waals surface area contributed by atoms with Gasteiger partial charge in [0.25, 0.3) is 0 Å². The fourth-order valence-electron chi connectivity index (χ4n) is 0.662. The minimum atomic E-state index is 1.23. The van der Waals surface area contributed by atoms with Crippen LogP contribution in [0.15, 0.2) is 47.4 Å². The summed E-state index contributed by atoms with van der Waals surface area (Å²) >= 11 is 0. The molecule has 0 fully saturated rings. The fraction of sp³-hybridized carbons (Fsp3) is 0.200. The maximum Gasteiger partial charge on any atom is 0.0256 e. The fourth-order valence-corrected chi connectivity index (χ4v) is 2.88. The molecular weight excluding hydrogens is 184 g/mol. The van der Waals surface area contributed by atoms with Crippen LogP contribution in [-0.2, 0) is 0 Å². The van der Waals surface area contributed by atoms with E-state index in [0.717, 1.165) is 0 Å². The second kappa shape index (κ2) is 6.21. The molecular formula is C10H12S2. The molecule has 0 aliphatic carbocycles. The van der Waals surface area contributed by atoms with Gasteiger partial charge in [0.1, 0.15) is 0 Å². The molecule has 1 heterocycles. The average molecular weight is 196 g/mol. The van der Waals surface area contributed by atoms with Crippen LogP contribution in [0.3, 0.4) is 0 Å². The van der Waals surface area contributed by atoms with Crippen molar-refractivity contribution in [1.29, 1.82) is 0 Å². The number of benzene rings is 1. The van der Waals surface area contributed by atoms with Gasteiger partial charge in [0.05, 0.1) is 0 Å². The van der Waals surface area contributed by atoms with Crippen molar-refractivity contribution in [2.75, 3.05) is 5.75 Å². The van der Waals surface area contributed by atoms with E-state index >= 15 is 0 Å². The van der Waals surface area contributed by atoms with Crippen molar-refractivity contribution in [1.82, 2.24) is 0 Å². The molecule has 0 radical (unpaired) electrons. The first-order chi connectivity index (χ1) is 5.89. The standard InChI is InChI=1S/C6H6.C4H6S2/c1-2-4-6-5-3-1;1-4-2-5-6-3-4/h1-6H;2H,3H2,1H3. The molecule has 0 bridgehead atoms. The lowest BCUT2D eigenvalue weighted by atomic mass is 10.4. The third-order valence-corrected chi connectivity index (χ3v) is 3.53. The lowest BCUT2D eigenvalue weighted by Gasteiger charge is -1.77. The van der Waals surface area contributed by atoms with Crippen molar-refractivity contribution in [3.63, 3.8) is 0 Å². The summed E-state index contributed by atoms with van der Waals surface area (Å²) in [4.78, 5) is 0. The molecule has 0 atom stereocenters. The largest absolute Gasteiger partial charge is 0.0851 e. The Morgan fingerprint density at radius 2 is 1.50 bits per heavy atom. The SMILES string of the molecule is CC1=CSSC1.c1ccccc1. The van der Waals surface area contributed by atoms with Gasteiger partial charge in [-0.25, -0.2) is 0 Å². The molecule has 2 heteroatoms. The smallest absolute Gasteiger partial charge is 0.0256 e. The predicted molar refractivity (Wildman–Crippen MR) is 60.2 cm³/mol. The zero-order valence-electron chi connectivity index (χ0n) is 7.07. The molecule has 0 nitrogen and oxygen atoms in total. The lowest BCUT2D eigenvalue weighted by Crippen LogP contribution is -1.66. The first-order valence-electron chi connectivity index (χ1n) is 3.83. The molecule has 0 saturated carbocycles. The molecule has 0 N–H and O–H groups in total. The molecule has 12 heavy (non-hydrogen) atoms. The molecule has 0 saturated heterocycles. The summed E-state index contributed by atoms with van der Waals surface area (Å²) in [6, 6.07) is 12.0. The Bertz CT molecular complexity index is 202. The van der Waals surface area contributed by atoms with E-state index in [1.807, 2.05) is 58.0 Å². The van der Waals surface area contributed by atoms with E-state index in [2.05, 4.69) is 12.3 Å². The minimum absolute atomic E-state index is 1.23. The maximum atomic E-state index is 2.20. The van der Waals surface area contributed by atoms with Crippen LogP contribution in [0.5, 0.6) is 0 Å². The van der Waals surface area contributed by atoms with Gasteiger partial charge >= 0.3 is 0 Å². The highest BCUT2D eigenvalue weighted by atomic mass is 33.1. The normalized spacial score (nSPS) is 14.6. The van der Waals surface area contributed by atoms with Crippen molar-refractivity contribution >= 4 is 21.6 Å². The molecule has 0 aromatic heterocycles. The third kappa shape index (κ3) is 4.52. The van der Waals surface area contributed by atoms with E-state index in [-0.39, 0.29) is 0 Å². The Morgan fingerprint density at radius 3 is 1.67 bits per heavy atom. The zero-order valence-corrected chi connectivity index (χ0v) is 8.70. The van der Waals surface area contributed by atoms with E-state index in [0.29, 0.717) is 0 Å². The maximum absolute atomic E-state index is 2.20. The van der Waals surface area contributed by atoms with Gasteiger partial charge in [-0.15, -0.1) is 0 Å². The van der Waals surface area contributed by atoms with Crippen molar-refractivity contribution in [2.24, 2.45) is 0 Å². The lowest BCUT2D eigenvalue weighted by molar-refractivity contribution is 1.45. The van der Waals surface area contributed by atoms with Gasteiger partial charge in [-0.1, -0.05) is 63.6 Å². The van der Waals surface area contributed by atoms with E-state index in [9.17, 15) is 0 Å². The Balaban J connectivity index is 0.000000120. The average Bonchev–Trinajstić information content (AvgIpc) is 2.60. The van der Waals surface area contributed by atoms with Crippen LogP contribution in [-0.4, -0.2) is 5.75 Å². The van der Waals surface area contributed by atoms with Crippen molar-refractivity contribution in [3.05, 3.63) is 47.4 Å². The van der Waals surface area contributed by atoms with Crippen LogP contribution in [0, 0.1) is 0 Å². The summed E-state index contributed by atoms with van der Waals surface area (Å²) in [5.41, 5.74) is 1.50. The summed E-state index contributed by atoms with van der Waals surface area (Å²) < 4.78 is 0. The first kappa shape index (κ1) is 9.75. The van der Waals surface area contributed by atoms with E-state index < -0.39 is 0 Å². The van der Waals surface area contributed by atoms with Gasteiger partial charge in [-0.3, -0.25) is 0 Å². The van der Waals surface area contributed by atoms with Crippen molar-refractivity contribution in [2.45, 2.75) is 6.92 Å². The van der Waals surface area contributed by atoms with Crippen molar-refractivity contribution < 1.29 is 0 Å².